The molecule has 1 aromatic carbocycles. The van der Waals surface area contributed by atoms with Gasteiger partial charge in [-0.2, -0.15) is 0 Å². The summed E-state index contributed by atoms with van der Waals surface area (Å²) in [5.74, 6) is -0.466. The number of ether oxygens (including phenoxy) is 1. The number of nitrogens with two attached hydrogens (primary N) is 1. The van der Waals surface area contributed by atoms with Gasteiger partial charge >= 0.3 is 0 Å². The number of likely N-dealkylation sites (N-methyl/N-ethyl adjacent to an activating group) is 1. The maximum absolute atomic E-state index is 11.1. The standard InChI is InChI=1S/C15H22ClN3O2/c1-2-19-5-6-21-13(10-19)9-18-8-12-4-3-11(15(17)20)7-14(12)16/h3-4,7,13,18H,2,5-6,8-10H2,1H3,(H2,17,20). The zero-order chi connectivity index (χ0) is 15.2. The third kappa shape index (κ3) is 4.68. The van der Waals surface area contributed by atoms with E-state index in [-0.39, 0.29) is 6.10 Å². The normalized spacial score (nSPS) is 19.6. The fourth-order valence-electron chi connectivity index (χ4n) is 2.40. The van der Waals surface area contributed by atoms with E-state index in [1.54, 1.807) is 12.1 Å². The second-order valence-electron chi connectivity index (χ2n) is 5.19. The molecule has 0 bridgehead atoms. The lowest BCUT2D eigenvalue weighted by atomic mass is 10.1. The number of nitrogens with zero attached hydrogens (tertiary/aromatic N) is 1. The molecule has 5 nitrogen and oxygen atoms in total. The average molecular weight is 312 g/mol. The predicted octanol–water partition coefficient (Wildman–Crippen LogP) is 1.25. The van der Waals surface area contributed by atoms with Gasteiger partial charge in [0.2, 0.25) is 5.91 Å². The van der Waals surface area contributed by atoms with Gasteiger partial charge in [-0.1, -0.05) is 24.6 Å². The van der Waals surface area contributed by atoms with Crippen LogP contribution in [0.3, 0.4) is 0 Å². The van der Waals surface area contributed by atoms with Crippen molar-refractivity contribution in [1.82, 2.24) is 10.2 Å². The Balaban J connectivity index is 1.82. The number of carbonyl (C=O) groups excluding carboxylic acids is 1. The summed E-state index contributed by atoms with van der Waals surface area (Å²) in [6, 6.07) is 5.13. The second kappa shape index (κ2) is 7.75. The average Bonchev–Trinajstić information content (AvgIpc) is 2.49. The van der Waals surface area contributed by atoms with Crippen LogP contribution in [0.25, 0.3) is 0 Å². The van der Waals surface area contributed by atoms with Gasteiger partial charge in [0, 0.05) is 36.8 Å². The highest BCUT2D eigenvalue weighted by Crippen LogP contribution is 2.17. The Bertz CT molecular complexity index is 496. The van der Waals surface area contributed by atoms with E-state index in [1.807, 2.05) is 6.07 Å². The van der Waals surface area contributed by atoms with Crippen LogP contribution in [0.2, 0.25) is 5.02 Å². The van der Waals surface area contributed by atoms with Crippen molar-refractivity contribution < 1.29 is 9.53 Å². The van der Waals surface area contributed by atoms with Crippen molar-refractivity contribution in [1.29, 1.82) is 0 Å². The zero-order valence-electron chi connectivity index (χ0n) is 12.3. The van der Waals surface area contributed by atoms with Gasteiger partial charge in [-0.25, -0.2) is 0 Å². The molecule has 1 aliphatic heterocycles. The molecular formula is C15H22ClN3O2. The van der Waals surface area contributed by atoms with Gasteiger partial charge < -0.3 is 15.8 Å². The third-order valence-corrected chi connectivity index (χ3v) is 4.05. The molecule has 2 rings (SSSR count). The number of rotatable bonds is 6. The summed E-state index contributed by atoms with van der Waals surface area (Å²) in [6.45, 7) is 7.39. The van der Waals surface area contributed by atoms with E-state index in [0.717, 1.165) is 38.3 Å². The van der Waals surface area contributed by atoms with Gasteiger partial charge in [0.05, 0.1) is 12.7 Å². The number of benzene rings is 1. The number of halogens is 1. The van der Waals surface area contributed by atoms with E-state index in [4.69, 9.17) is 22.1 Å². The minimum atomic E-state index is -0.466. The highest BCUT2D eigenvalue weighted by atomic mass is 35.5. The van der Waals surface area contributed by atoms with Gasteiger partial charge in [0.1, 0.15) is 0 Å². The van der Waals surface area contributed by atoms with E-state index in [2.05, 4.69) is 17.1 Å². The number of hydrogen-bond acceptors (Lipinski definition) is 4. The smallest absolute Gasteiger partial charge is 0.248 e. The molecule has 0 radical (unpaired) electrons. The Morgan fingerprint density at radius 2 is 2.38 bits per heavy atom. The summed E-state index contributed by atoms with van der Waals surface area (Å²) < 4.78 is 5.73. The highest BCUT2D eigenvalue weighted by molar-refractivity contribution is 6.31. The Labute approximate surface area is 130 Å². The highest BCUT2D eigenvalue weighted by Gasteiger charge is 2.18. The van der Waals surface area contributed by atoms with Gasteiger partial charge in [-0.15, -0.1) is 0 Å². The summed E-state index contributed by atoms with van der Waals surface area (Å²) in [7, 11) is 0. The molecule has 1 saturated heterocycles. The molecule has 1 aromatic rings. The van der Waals surface area contributed by atoms with Crippen LogP contribution < -0.4 is 11.1 Å². The maximum atomic E-state index is 11.1. The van der Waals surface area contributed by atoms with E-state index >= 15 is 0 Å². The van der Waals surface area contributed by atoms with E-state index in [9.17, 15) is 4.79 Å². The molecule has 1 aliphatic rings. The number of carbonyl (C=O) groups is 1. The zero-order valence-corrected chi connectivity index (χ0v) is 13.0. The fourth-order valence-corrected chi connectivity index (χ4v) is 2.65. The Morgan fingerprint density at radius 1 is 1.57 bits per heavy atom. The molecule has 1 amide bonds. The quantitative estimate of drug-likeness (QED) is 0.830. The van der Waals surface area contributed by atoms with Crippen LogP contribution in [-0.4, -0.2) is 49.7 Å². The minimum Gasteiger partial charge on any atom is -0.374 e. The molecule has 6 heteroatoms. The summed E-state index contributed by atoms with van der Waals surface area (Å²) in [4.78, 5) is 13.5. The largest absolute Gasteiger partial charge is 0.374 e. The Kier molecular flexibility index (Phi) is 5.99. The maximum Gasteiger partial charge on any atom is 0.248 e. The topological polar surface area (TPSA) is 67.6 Å². The van der Waals surface area contributed by atoms with Gasteiger partial charge in [-0.05, 0) is 24.2 Å². The van der Waals surface area contributed by atoms with E-state index in [1.165, 1.54) is 0 Å². The second-order valence-corrected chi connectivity index (χ2v) is 5.59. The van der Waals surface area contributed by atoms with Crippen LogP contribution in [0.1, 0.15) is 22.8 Å². The number of amides is 1. The molecule has 1 fully saturated rings. The van der Waals surface area contributed by atoms with Crippen molar-refractivity contribution in [3.05, 3.63) is 34.3 Å². The first-order valence-electron chi connectivity index (χ1n) is 7.23. The van der Waals surface area contributed by atoms with Crippen molar-refractivity contribution in [3.63, 3.8) is 0 Å². The van der Waals surface area contributed by atoms with Crippen LogP contribution >= 0.6 is 11.6 Å². The van der Waals surface area contributed by atoms with Crippen LogP contribution in [0.15, 0.2) is 18.2 Å². The minimum absolute atomic E-state index is 0.211. The Morgan fingerprint density at radius 3 is 3.05 bits per heavy atom. The molecule has 3 N–H and O–H groups in total. The first-order valence-corrected chi connectivity index (χ1v) is 7.61. The summed E-state index contributed by atoms with van der Waals surface area (Å²) in [5, 5.41) is 3.91. The lowest BCUT2D eigenvalue weighted by molar-refractivity contribution is -0.0253. The molecule has 116 valence electrons. The van der Waals surface area contributed by atoms with Crippen molar-refractivity contribution in [2.45, 2.75) is 19.6 Å². The molecule has 1 heterocycles. The third-order valence-electron chi connectivity index (χ3n) is 3.70. The lowest BCUT2D eigenvalue weighted by Crippen LogP contribution is -2.46. The predicted molar refractivity (Wildman–Crippen MR) is 83.5 cm³/mol. The van der Waals surface area contributed by atoms with Crippen molar-refractivity contribution in [2.24, 2.45) is 5.73 Å². The molecule has 0 aromatic heterocycles. The first-order chi connectivity index (χ1) is 10.1. The van der Waals surface area contributed by atoms with Gasteiger partial charge in [-0.3, -0.25) is 9.69 Å². The number of morpholine rings is 1. The summed E-state index contributed by atoms with van der Waals surface area (Å²) in [6.07, 6.45) is 0.211. The monoisotopic (exact) mass is 311 g/mol. The van der Waals surface area contributed by atoms with Crippen molar-refractivity contribution in [2.75, 3.05) is 32.8 Å². The van der Waals surface area contributed by atoms with Crippen LogP contribution in [0.5, 0.6) is 0 Å². The molecule has 21 heavy (non-hydrogen) atoms. The van der Waals surface area contributed by atoms with E-state index in [0.29, 0.717) is 17.1 Å². The lowest BCUT2D eigenvalue weighted by Gasteiger charge is -2.32. The number of primary amides is 1. The molecule has 0 saturated carbocycles. The summed E-state index contributed by atoms with van der Waals surface area (Å²) >= 11 is 6.15. The van der Waals surface area contributed by atoms with Crippen molar-refractivity contribution >= 4 is 17.5 Å². The molecule has 0 aliphatic carbocycles. The number of hydrogen-bond donors (Lipinski definition) is 2. The van der Waals surface area contributed by atoms with Crippen LogP contribution in [0, 0.1) is 0 Å². The van der Waals surface area contributed by atoms with E-state index < -0.39 is 5.91 Å². The molecule has 1 atom stereocenters. The summed E-state index contributed by atoms with van der Waals surface area (Å²) in [5.41, 5.74) is 6.60. The fraction of sp³-hybridized carbons (Fsp3) is 0.533. The van der Waals surface area contributed by atoms with Crippen LogP contribution in [0.4, 0.5) is 0 Å². The van der Waals surface area contributed by atoms with Crippen LogP contribution in [-0.2, 0) is 11.3 Å². The van der Waals surface area contributed by atoms with Gasteiger partial charge in [0.15, 0.2) is 0 Å². The van der Waals surface area contributed by atoms with Gasteiger partial charge in [0.25, 0.3) is 0 Å². The molecular weight excluding hydrogens is 290 g/mol. The first kappa shape index (κ1) is 16.2. The van der Waals surface area contributed by atoms with Crippen molar-refractivity contribution in [3.8, 4) is 0 Å². The number of nitrogens with one attached hydrogen (secondary N) is 1. The molecule has 1 unspecified atom stereocenters. The Hall–Kier alpha value is -1.14. The SMILES string of the molecule is CCN1CCOC(CNCc2ccc(C(N)=O)cc2Cl)C1. The molecule has 0 spiro atoms.